The standard InChI is InChI=1S/C15H16N2O2/c1-11-5-3-7-13(9-11)17-14(15(18)19-2)12-6-4-8-16-10-12/h3-10,14,17H,1-2H3. The van der Waals surface area contributed by atoms with Gasteiger partial charge in [0.05, 0.1) is 7.11 Å². The highest BCUT2D eigenvalue weighted by molar-refractivity contribution is 5.80. The van der Waals surface area contributed by atoms with Crippen LogP contribution in [0.25, 0.3) is 0 Å². The van der Waals surface area contributed by atoms with E-state index in [1.54, 1.807) is 18.5 Å². The summed E-state index contributed by atoms with van der Waals surface area (Å²) < 4.78 is 4.84. The fraction of sp³-hybridized carbons (Fsp3) is 0.200. The van der Waals surface area contributed by atoms with E-state index in [1.807, 2.05) is 37.3 Å². The third-order valence-corrected chi connectivity index (χ3v) is 2.78. The topological polar surface area (TPSA) is 51.2 Å². The minimum atomic E-state index is -0.555. The molecule has 0 aliphatic rings. The SMILES string of the molecule is COC(=O)C(Nc1cccc(C)c1)c1cccnc1. The number of rotatable bonds is 4. The zero-order valence-corrected chi connectivity index (χ0v) is 11.0. The molecule has 0 aliphatic carbocycles. The van der Waals surface area contributed by atoms with Crippen molar-refractivity contribution in [3.63, 3.8) is 0 Å². The summed E-state index contributed by atoms with van der Waals surface area (Å²) >= 11 is 0. The first kappa shape index (κ1) is 13.1. The molecule has 4 heteroatoms. The third-order valence-electron chi connectivity index (χ3n) is 2.78. The van der Waals surface area contributed by atoms with Crippen molar-refractivity contribution in [2.45, 2.75) is 13.0 Å². The summed E-state index contributed by atoms with van der Waals surface area (Å²) in [6, 6.07) is 10.9. The first-order valence-corrected chi connectivity index (χ1v) is 6.01. The third kappa shape index (κ3) is 3.31. The Hall–Kier alpha value is -2.36. The highest BCUT2D eigenvalue weighted by Crippen LogP contribution is 2.20. The summed E-state index contributed by atoms with van der Waals surface area (Å²) in [5.41, 5.74) is 2.77. The molecule has 0 amide bonds. The van der Waals surface area contributed by atoms with Crippen molar-refractivity contribution in [3.8, 4) is 0 Å². The molecule has 2 rings (SSSR count). The number of aromatic nitrogens is 1. The molecular weight excluding hydrogens is 240 g/mol. The Labute approximate surface area is 112 Å². The number of hydrogen-bond acceptors (Lipinski definition) is 4. The summed E-state index contributed by atoms with van der Waals surface area (Å²) in [5.74, 6) is -0.338. The lowest BCUT2D eigenvalue weighted by molar-refractivity contribution is -0.141. The van der Waals surface area contributed by atoms with E-state index < -0.39 is 6.04 Å². The minimum Gasteiger partial charge on any atom is -0.467 e. The van der Waals surface area contributed by atoms with E-state index in [4.69, 9.17) is 4.74 Å². The number of anilines is 1. The van der Waals surface area contributed by atoms with Crippen LogP contribution < -0.4 is 5.32 Å². The van der Waals surface area contributed by atoms with Crippen molar-refractivity contribution >= 4 is 11.7 Å². The van der Waals surface area contributed by atoms with Gasteiger partial charge in [-0.25, -0.2) is 4.79 Å². The Balaban J connectivity index is 2.27. The Bertz CT molecular complexity index is 555. The van der Waals surface area contributed by atoms with Gasteiger partial charge in [-0.1, -0.05) is 18.2 Å². The Morgan fingerprint density at radius 2 is 2.16 bits per heavy atom. The van der Waals surface area contributed by atoms with Crippen molar-refractivity contribution in [2.75, 3.05) is 12.4 Å². The number of carbonyl (C=O) groups excluding carboxylic acids is 1. The number of nitrogens with one attached hydrogen (secondary N) is 1. The molecule has 1 unspecified atom stereocenters. The van der Waals surface area contributed by atoms with Crippen LogP contribution >= 0.6 is 0 Å². The van der Waals surface area contributed by atoms with Gasteiger partial charge in [-0.05, 0) is 30.7 Å². The lowest BCUT2D eigenvalue weighted by Gasteiger charge is -2.18. The molecule has 0 fully saturated rings. The van der Waals surface area contributed by atoms with Gasteiger partial charge in [0, 0.05) is 23.6 Å². The first-order chi connectivity index (χ1) is 9.20. The molecule has 19 heavy (non-hydrogen) atoms. The molecular formula is C15H16N2O2. The Morgan fingerprint density at radius 1 is 1.32 bits per heavy atom. The quantitative estimate of drug-likeness (QED) is 0.854. The number of carbonyl (C=O) groups is 1. The maximum absolute atomic E-state index is 11.9. The summed E-state index contributed by atoms with van der Waals surface area (Å²) in [4.78, 5) is 15.9. The molecule has 0 radical (unpaired) electrons. The first-order valence-electron chi connectivity index (χ1n) is 6.01. The van der Waals surface area contributed by atoms with E-state index in [0.717, 1.165) is 16.8 Å². The Kier molecular flexibility index (Phi) is 4.13. The van der Waals surface area contributed by atoms with E-state index in [-0.39, 0.29) is 5.97 Å². The number of methoxy groups -OCH3 is 1. The molecule has 1 aromatic heterocycles. The molecule has 0 saturated heterocycles. The molecule has 2 aromatic rings. The molecule has 4 nitrogen and oxygen atoms in total. The van der Waals surface area contributed by atoms with Crippen LogP contribution in [0.3, 0.4) is 0 Å². The molecule has 1 aromatic carbocycles. The van der Waals surface area contributed by atoms with E-state index >= 15 is 0 Å². The maximum atomic E-state index is 11.9. The molecule has 1 N–H and O–H groups in total. The van der Waals surface area contributed by atoms with Gasteiger partial charge in [0.25, 0.3) is 0 Å². The van der Waals surface area contributed by atoms with Gasteiger partial charge in [0.1, 0.15) is 0 Å². The van der Waals surface area contributed by atoms with Crippen LogP contribution in [0.15, 0.2) is 48.8 Å². The van der Waals surface area contributed by atoms with Gasteiger partial charge < -0.3 is 10.1 Å². The predicted octanol–water partition coefficient (Wildman–Crippen LogP) is 2.72. The predicted molar refractivity (Wildman–Crippen MR) is 73.8 cm³/mol. The van der Waals surface area contributed by atoms with Gasteiger partial charge in [-0.3, -0.25) is 4.98 Å². The zero-order valence-electron chi connectivity index (χ0n) is 11.0. The lowest BCUT2D eigenvalue weighted by Crippen LogP contribution is -2.22. The van der Waals surface area contributed by atoms with Crippen LogP contribution in [0.5, 0.6) is 0 Å². The number of ether oxygens (including phenoxy) is 1. The van der Waals surface area contributed by atoms with E-state index in [0.29, 0.717) is 0 Å². The van der Waals surface area contributed by atoms with E-state index in [2.05, 4.69) is 10.3 Å². The van der Waals surface area contributed by atoms with Crippen molar-refractivity contribution in [3.05, 3.63) is 59.9 Å². The molecule has 1 atom stereocenters. The van der Waals surface area contributed by atoms with E-state index in [1.165, 1.54) is 7.11 Å². The Morgan fingerprint density at radius 3 is 2.79 bits per heavy atom. The highest BCUT2D eigenvalue weighted by atomic mass is 16.5. The van der Waals surface area contributed by atoms with Gasteiger partial charge in [-0.15, -0.1) is 0 Å². The monoisotopic (exact) mass is 256 g/mol. The highest BCUT2D eigenvalue weighted by Gasteiger charge is 2.21. The summed E-state index contributed by atoms with van der Waals surface area (Å²) in [5, 5.41) is 3.17. The number of aryl methyl sites for hydroxylation is 1. The summed E-state index contributed by atoms with van der Waals surface area (Å²) in [6.45, 7) is 2.00. The smallest absolute Gasteiger partial charge is 0.333 e. The second kappa shape index (κ2) is 6.00. The normalized spacial score (nSPS) is 11.7. The second-order valence-corrected chi connectivity index (χ2v) is 4.26. The largest absolute Gasteiger partial charge is 0.467 e. The van der Waals surface area contributed by atoms with Crippen molar-refractivity contribution in [1.82, 2.24) is 4.98 Å². The number of hydrogen-bond donors (Lipinski definition) is 1. The fourth-order valence-electron chi connectivity index (χ4n) is 1.84. The lowest BCUT2D eigenvalue weighted by atomic mass is 10.1. The average molecular weight is 256 g/mol. The minimum absolute atomic E-state index is 0.338. The molecule has 0 bridgehead atoms. The molecule has 1 heterocycles. The zero-order chi connectivity index (χ0) is 13.7. The van der Waals surface area contributed by atoms with Crippen LogP contribution in [0, 0.1) is 6.92 Å². The van der Waals surface area contributed by atoms with Gasteiger partial charge >= 0.3 is 5.97 Å². The van der Waals surface area contributed by atoms with Gasteiger partial charge in [0.15, 0.2) is 6.04 Å². The molecule has 98 valence electrons. The number of nitrogens with zero attached hydrogens (tertiary/aromatic N) is 1. The van der Waals surface area contributed by atoms with E-state index in [9.17, 15) is 4.79 Å². The summed E-state index contributed by atoms with van der Waals surface area (Å²) in [6.07, 6.45) is 3.33. The maximum Gasteiger partial charge on any atom is 0.333 e. The fourth-order valence-corrected chi connectivity index (χ4v) is 1.84. The van der Waals surface area contributed by atoms with Gasteiger partial charge in [-0.2, -0.15) is 0 Å². The number of pyridine rings is 1. The van der Waals surface area contributed by atoms with Crippen molar-refractivity contribution < 1.29 is 9.53 Å². The summed E-state index contributed by atoms with van der Waals surface area (Å²) in [7, 11) is 1.38. The molecule has 0 saturated carbocycles. The van der Waals surface area contributed by atoms with Gasteiger partial charge in [0.2, 0.25) is 0 Å². The van der Waals surface area contributed by atoms with Crippen LogP contribution in [0.1, 0.15) is 17.2 Å². The average Bonchev–Trinajstić information content (AvgIpc) is 2.45. The van der Waals surface area contributed by atoms with Crippen molar-refractivity contribution in [1.29, 1.82) is 0 Å². The van der Waals surface area contributed by atoms with Crippen molar-refractivity contribution in [2.24, 2.45) is 0 Å². The number of benzene rings is 1. The van der Waals surface area contributed by atoms with Crippen LogP contribution in [0.4, 0.5) is 5.69 Å². The van der Waals surface area contributed by atoms with Crippen LogP contribution in [0.2, 0.25) is 0 Å². The second-order valence-electron chi connectivity index (χ2n) is 4.26. The number of esters is 1. The van der Waals surface area contributed by atoms with Crippen LogP contribution in [-0.4, -0.2) is 18.1 Å². The molecule has 0 spiro atoms. The molecule has 0 aliphatic heterocycles. The van der Waals surface area contributed by atoms with Crippen LogP contribution in [-0.2, 0) is 9.53 Å².